The molecule has 6 nitrogen and oxygen atoms in total. The minimum atomic E-state index is -0.772. The molecule has 0 aromatic carbocycles. The van der Waals surface area contributed by atoms with Crippen LogP contribution >= 0.6 is 0 Å². The van der Waals surface area contributed by atoms with Crippen LogP contribution in [0.2, 0.25) is 0 Å². The van der Waals surface area contributed by atoms with E-state index in [0.717, 1.165) is 64.2 Å². The number of carbonyl (C=O) groups is 3. The first kappa shape index (κ1) is 64.9. The van der Waals surface area contributed by atoms with Crippen LogP contribution in [-0.2, 0) is 28.6 Å². The highest BCUT2D eigenvalue weighted by atomic mass is 16.6. The average molecular weight is 944 g/mol. The highest BCUT2D eigenvalue weighted by Gasteiger charge is 2.19. The molecule has 0 amide bonds. The lowest BCUT2D eigenvalue weighted by Crippen LogP contribution is -2.30. The van der Waals surface area contributed by atoms with Crippen LogP contribution < -0.4 is 0 Å². The summed E-state index contributed by atoms with van der Waals surface area (Å²) in [6.45, 7) is 6.67. The van der Waals surface area contributed by atoms with E-state index in [1.807, 2.05) is 0 Å². The minimum Gasteiger partial charge on any atom is -0.462 e. The molecular formula is C61H114O6. The van der Waals surface area contributed by atoms with Crippen molar-refractivity contribution >= 4 is 17.9 Å². The maximum atomic E-state index is 12.9. The maximum Gasteiger partial charge on any atom is 0.306 e. The number of ether oxygens (including phenoxy) is 3. The summed E-state index contributed by atoms with van der Waals surface area (Å²) < 4.78 is 16.9. The second kappa shape index (κ2) is 56.5. The summed E-state index contributed by atoms with van der Waals surface area (Å²) in [5.41, 5.74) is 0. The normalized spacial score (nSPS) is 12.1. The molecule has 0 heterocycles. The van der Waals surface area contributed by atoms with Crippen molar-refractivity contribution in [3.05, 3.63) is 24.3 Å². The van der Waals surface area contributed by atoms with Crippen molar-refractivity contribution in [2.24, 2.45) is 0 Å². The van der Waals surface area contributed by atoms with Crippen molar-refractivity contribution in [1.29, 1.82) is 0 Å². The first-order valence-electron chi connectivity index (χ1n) is 29.8. The van der Waals surface area contributed by atoms with Crippen LogP contribution in [0.5, 0.6) is 0 Å². The van der Waals surface area contributed by atoms with Crippen LogP contribution in [0.3, 0.4) is 0 Å². The Hall–Kier alpha value is -2.11. The Balaban J connectivity index is 4.34. The molecule has 0 saturated carbocycles. The monoisotopic (exact) mass is 943 g/mol. The largest absolute Gasteiger partial charge is 0.462 e. The first-order valence-corrected chi connectivity index (χ1v) is 29.8. The molecule has 67 heavy (non-hydrogen) atoms. The molecule has 0 aliphatic heterocycles. The summed E-state index contributed by atoms with van der Waals surface area (Å²) in [4.78, 5) is 38.2. The van der Waals surface area contributed by atoms with Crippen molar-refractivity contribution in [3.63, 3.8) is 0 Å². The fraction of sp³-hybridized carbons (Fsp3) is 0.885. The molecule has 1 atom stereocenters. The van der Waals surface area contributed by atoms with Crippen molar-refractivity contribution in [2.75, 3.05) is 13.2 Å². The van der Waals surface area contributed by atoms with Gasteiger partial charge in [-0.05, 0) is 70.6 Å². The third-order valence-electron chi connectivity index (χ3n) is 13.4. The van der Waals surface area contributed by atoms with Gasteiger partial charge in [-0.15, -0.1) is 0 Å². The number of carbonyl (C=O) groups excluding carboxylic acids is 3. The van der Waals surface area contributed by atoms with E-state index in [2.05, 4.69) is 45.1 Å². The van der Waals surface area contributed by atoms with Crippen molar-refractivity contribution in [2.45, 2.75) is 335 Å². The summed E-state index contributed by atoms with van der Waals surface area (Å²) in [5.74, 6) is -0.862. The van der Waals surface area contributed by atoms with Crippen LogP contribution in [-0.4, -0.2) is 37.2 Å². The number of hydrogen-bond acceptors (Lipinski definition) is 6. The van der Waals surface area contributed by atoms with E-state index in [0.29, 0.717) is 19.3 Å². The lowest BCUT2D eigenvalue weighted by Gasteiger charge is -2.18. The van der Waals surface area contributed by atoms with Crippen molar-refractivity contribution in [1.82, 2.24) is 0 Å². The average Bonchev–Trinajstić information content (AvgIpc) is 3.33. The van der Waals surface area contributed by atoms with Gasteiger partial charge in [0, 0.05) is 19.3 Å². The van der Waals surface area contributed by atoms with Gasteiger partial charge in [0.05, 0.1) is 0 Å². The Kier molecular flexibility index (Phi) is 54.7. The molecular weight excluding hydrogens is 829 g/mol. The zero-order chi connectivity index (χ0) is 48.6. The molecule has 0 N–H and O–H groups in total. The molecule has 0 aliphatic carbocycles. The quantitative estimate of drug-likeness (QED) is 0.0262. The molecule has 0 rings (SSSR count). The summed E-state index contributed by atoms with van der Waals surface area (Å²) >= 11 is 0. The Morgan fingerprint density at radius 3 is 0.746 bits per heavy atom. The zero-order valence-electron chi connectivity index (χ0n) is 45.2. The predicted octanol–water partition coefficient (Wildman–Crippen LogP) is 19.9. The third-order valence-corrected chi connectivity index (χ3v) is 13.4. The third kappa shape index (κ3) is 54.7. The zero-order valence-corrected chi connectivity index (χ0v) is 45.2. The van der Waals surface area contributed by atoms with E-state index in [1.54, 1.807) is 0 Å². The molecule has 0 aliphatic rings. The van der Waals surface area contributed by atoms with Crippen LogP contribution in [0.1, 0.15) is 329 Å². The van der Waals surface area contributed by atoms with Gasteiger partial charge in [-0.2, -0.15) is 0 Å². The number of unbranched alkanes of at least 4 members (excludes halogenated alkanes) is 40. The van der Waals surface area contributed by atoms with Crippen LogP contribution in [0.15, 0.2) is 24.3 Å². The molecule has 0 spiro atoms. The van der Waals surface area contributed by atoms with Gasteiger partial charge in [-0.3, -0.25) is 14.4 Å². The first-order chi connectivity index (χ1) is 33.0. The number of rotatable bonds is 55. The molecule has 0 unspecified atom stereocenters. The van der Waals surface area contributed by atoms with Gasteiger partial charge in [0.1, 0.15) is 13.2 Å². The fourth-order valence-electron chi connectivity index (χ4n) is 8.91. The van der Waals surface area contributed by atoms with E-state index in [4.69, 9.17) is 14.2 Å². The standard InChI is InChI=1S/C61H114O6/c1-4-7-10-13-16-19-22-25-28-30-33-36-39-42-45-48-51-54-60(63)66-57-58(56-65-59(62)53-50-47-44-41-38-35-32-27-24-21-18-15-12-9-6-3)67-61(64)55-52-49-46-43-40-37-34-31-29-26-23-20-17-14-11-8-5-2/h25,27-28,32,58H,4-24,26,29-31,33-57H2,1-3H3/t58-/m1/s1. The van der Waals surface area contributed by atoms with E-state index >= 15 is 0 Å². The number of esters is 3. The second-order valence-electron chi connectivity index (χ2n) is 20.3. The Labute approximate surface area is 417 Å². The van der Waals surface area contributed by atoms with E-state index < -0.39 is 6.10 Å². The minimum absolute atomic E-state index is 0.0717. The topological polar surface area (TPSA) is 78.9 Å². The Morgan fingerprint density at radius 1 is 0.284 bits per heavy atom. The Bertz CT molecular complexity index is 1080. The molecule has 0 saturated heterocycles. The fourth-order valence-corrected chi connectivity index (χ4v) is 8.91. The van der Waals surface area contributed by atoms with E-state index in [-0.39, 0.29) is 31.1 Å². The van der Waals surface area contributed by atoms with E-state index in [1.165, 1.54) is 225 Å². The highest BCUT2D eigenvalue weighted by Crippen LogP contribution is 2.17. The van der Waals surface area contributed by atoms with Crippen molar-refractivity contribution < 1.29 is 28.6 Å². The smallest absolute Gasteiger partial charge is 0.306 e. The van der Waals surface area contributed by atoms with Gasteiger partial charge in [0.2, 0.25) is 0 Å². The Morgan fingerprint density at radius 2 is 0.493 bits per heavy atom. The molecule has 0 bridgehead atoms. The van der Waals surface area contributed by atoms with Crippen molar-refractivity contribution in [3.8, 4) is 0 Å². The SMILES string of the molecule is CCCCCCCCC=CCCCCCCCCCC(=O)OC[C@@H](COC(=O)CCCCCCCC=CCCCCCCCC)OC(=O)CCCCCCCCCCCCCCCCCCC. The molecule has 0 fully saturated rings. The van der Waals surface area contributed by atoms with Gasteiger partial charge >= 0.3 is 17.9 Å². The van der Waals surface area contributed by atoms with Gasteiger partial charge in [-0.25, -0.2) is 0 Å². The predicted molar refractivity (Wildman–Crippen MR) is 289 cm³/mol. The van der Waals surface area contributed by atoms with Gasteiger partial charge < -0.3 is 14.2 Å². The molecule has 6 heteroatoms. The summed E-state index contributed by atoms with van der Waals surface area (Å²) in [6, 6.07) is 0. The van der Waals surface area contributed by atoms with Gasteiger partial charge in [0.25, 0.3) is 0 Å². The summed E-state index contributed by atoms with van der Waals surface area (Å²) in [7, 11) is 0. The molecule has 0 aromatic rings. The van der Waals surface area contributed by atoms with Gasteiger partial charge in [0.15, 0.2) is 6.10 Å². The van der Waals surface area contributed by atoms with E-state index in [9.17, 15) is 14.4 Å². The van der Waals surface area contributed by atoms with Gasteiger partial charge in [-0.1, -0.05) is 263 Å². The molecule has 0 aromatic heterocycles. The highest BCUT2D eigenvalue weighted by molar-refractivity contribution is 5.71. The second-order valence-corrected chi connectivity index (χ2v) is 20.3. The summed E-state index contributed by atoms with van der Waals surface area (Å²) in [5, 5.41) is 0. The van der Waals surface area contributed by atoms with Crippen LogP contribution in [0, 0.1) is 0 Å². The summed E-state index contributed by atoms with van der Waals surface area (Å²) in [6.07, 6.45) is 65.9. The molecule has 0 radical (unpaired) electrons. The lowest BCUT2D eigenvalue weighted by atomic mass is 10.0. The van der Waals surface area contributed by atoms with Crippen LogP contribution in [0.25, 0.3) is 0 Å². The maximum absolute atomic E-state index is 12.9. The number of allylic oxidation sites excluding steroid dienone is 4. The van der Waals surface area contributed by atoms with Crippen LogP contribution in [0.4, 0.5) is 0 Å². The number of hydrogen-bond donors (Lipinski definition) is 0. The molecule has 394 valence electrons. The lowest BCUT2D eigenvalue weighted by molar-refractivity contribution is -0.167.